The van der Waals surface area contributed by atoms with E-state index in [1.165, 1.54) is 7.11 Å². The van der Waals surface area contributed by atoms with E-state index in [4.69, 9.17) is 15.2 Å². The number of ether oxygens (including phenoxy) is 2. The van der Waals surface area contributed by atoms with E-state index in [-0.39, 0.29) is 5.91 Å². The number of nitrogens with zero attached hydrogens (tertiary/aromatic N) is 6. The maximum absolute atomic E-state index is 13.8. The second-order valence-corrected chi connectivity index (χ2v) is 8.53. The predicted molar refractivity (Wildman–Crippen MR) is 142 cm³/mol. The first-order valence-corrected chi connectivity index (χ1v) is 11.8. The van der Waals surface area contributed by atoms with Crippen molar-refractivity contribution in [3.8, 4) is 22.9 Å². The van der Waals surface area contributed by atoms with Crippen LogP contribution < -0.4 is 30.3 Å². The molecule has 2 aromatic carbocycles. The lowest BCUT2D eigenvalue weighted by atomic mass is 10.0. The highest BCUT2D eigenvalue weighted by atomic mass is 16.5. The van der Waals surface area contributed by atoms with Gasteiger partial charge >= 0.3 is 0 Å². The van der Waals surface area contributed by atoms with Crippen molar-refractivity contribution >= 4 is 34.1 Å². The third-order valence-corrected chi connectivity index (χ3v) is 6.40. The number of carbonyl (C=O) groups excluding carboxylic acids is 1. The number of likely N-dealkylation sites (N-methyl/N-ethyl adjacent to an activating group) is 1. The number of fused-ring (bicyclic) bond motifs is 1. The number of nitrogen functional groups attached to an aromatic ring is 1. The van der Waals surface area contributed by atoms with E-state index in [9.17, 15) is 4.79 Å². The Kier molecular flexibility index (Phi) is 6.69. The summed E-state index contributed by atoms with van der Waals surface area (Å²) in [5.74, 6) is 1.09. The number of aromatic nitrogens is 4. The highest BCUT2D eigenvalue weighted by Gasteiger charge is 2.36. The molecular weight excluding hydrogens is 472 g/mol. The van der Waals surface area contributed by atoms with Crippen molar-refractivity contribution in [3.05, 3.63) is 55.0 Å². The van der Waals surface area contributed by atoms with Crippen LogP contribution in [-0.2, 0) is 4.79 Å². The Morgan fingerprint density at radius 3 is 2.62 bits per heavy atom. The molecule has 1 aliphatic heterocycles. The first-order chi connectivity index (χ1) is 18.0. The number of para-hydroxylation sites is 1. The minimum atomic E-state index is -0.541. The van der Waals surface area contributed by atoms with E-state index < -0.39 is 6.04 Å². The molecule has 1 aliphatic rings. The van der Waals surface area contributed by atoms with E-state index in [1.54, 1.807) is 43.7 Å². The molecule has 190 valence electrons. The average Bonchev–Trinajstić information content (AvgIpc) is 2.96. The van der Waals surface area contributed by atoms with Gasteiger partial charge in [-0.3, -0.25) is 4.79 Å². The zero-order chi connectivity index (χ0) is 25.9. The third kappa shape index (κ3) is 4.45. The number of hydrogen-bond donors (Lipinski definition) is 2. The summed E-state index contributed by atoms with van der Waals surface area (Å²) in [6, 6.07) is 10.7. The van der Waals surface area contributed by atoms with Crippen LogP contribution in [0.25, 0.3) is 22.6 Å². The van der Waals surface area contributed by atoms with Gasteiger partial charge in [0.15, 0.2) is 23.0 Å². The third-order valence-electron chi connectivity index (χ3n) is 6.40. The molecule has 1 saturated heterocycles. The van der Waals surface area contributed by atoms with Gasteiger partial charge in [0.1, 0.15) is 11.6 Å². The number of nitrogens with one attached hydrogen (secondary N) is 1. The Morgan fingerprint density at radius 2 is 1.86 bits per heavy atom. The van der Waals surface area contributed by atoms with Crippen LogP contribution in [-0.4, -0.2) is 72.8 Å². The van der Waals surface area contributed by atoms with Gasteiger partial charge in [0, 0.05) is 50.3 Å². The Balaban J connectivity index is 1.67. The molecule has 1 atom stereocenters. The summed E-state index contributed by atoms with van der Waals surface area (Å²) in [6.07, 6.45) is 4.78. The number of methoxy groups -OCH3 is 2. The first-order valence-electron chi connectivity index (χ1n) is 11.8. The number of rotatable bonds is 6. The summed E-state index contributed by atoms with van der Waals surface area (Å²) in [6.45, 7) is 1.64. The molecule has 1 fully saturated rings. The Hall–Kier alpha value is -4.51. The summed E-state index contributed by atoms with van der Waals surface area (Å²) in [5, 5.41) is 3.35. The molecule has 0 saturated carbocycles. The number of carbonyl (C=O) groups is 1. The fourth-order valence-corrected chi connectivity index (χ4v) is 4.60. The molecule has 3 heterocycles. The van der Waals surface area contributed by atoms with Crippen LogP contribution in [0.15, 0.2) is 55.0 Å². The molecule has 3 N–H and O–H groups in total. The quantitative estimate of drug-likeness (QED) is 0.380. The molecule has 0 bridgehead atoms. The summed E-state index contributed by atoms with van der Waals surface area (Å²) in [7, 11) is 4.85. The molecule has 1 unspecified atom stereocenters. The number of piperazine rings is 1. The highest BCUT2D eigenvalue weighted by Crippen LogP contribution is 2.48. The fraction of sp³-hybridized carbons (Fsp3) is 0.269. The van der Waals surface area contributed by atoms with E-state index in [2.05, 4.69) is 25.3 Å². The van der Waals surface area contributed by atoms with Crippen molar-refractivity contribution in [2.45, 2.75) is 6.04 Å². The summed E-state index contributed by atoms with van der Waals surface area (Å²) in [5.41, 5.74) is 9.79. The predicted octanol–water partition coefficient (Wildman–Crippen LogP) is 2.13. The fourth-order valence-electron chi connectivity index (χ4n) is 4.60. The number of benzene rings is 2. The lowest BCUT2D eigenvalue weighted by Crippen LogP contribution is -2.58. The first kappa shape index (κ1) is 24.2. The van der Waals surface area contributed by atoms with Crippen molar-refractivity contribution in [2.24, 2.45) is 0 Å². The van der Waals surface area contributed by atoms with Crippen molar-refractivity contribution in [1.29, 1.82) is 0 Å². The Labute approximate surface area is 214 Å². The van der Waals surface area contributed by atoms with Gasteiger partial charge in [-0.2, -0.15) is 0 Å². The molecule has 4 aromatic rings. The monoisotopic (exact) mass is 500 g/mol. The largest absolute Gasteiger partial charge is 0.491 e. The Bertz CT molecular complexity index is 1430. The van der Waals surface area contributed by atoms with Gasteiger partial charge in [0.05, 0.1) is 31.8 Å². The summed E-state index contributed by atoms with van der Waals surface area (Å²) < 4.78 is 11.5. The maximum atomic E-state index is 13.8. The zero-order valence-electron chi connectivity index (χ0n) is 20.9. The lowest BCUT2D eigenvalue weighted by molar-refractivity contribution is -0.119. The number of anilines is 3. The summed E-state index contributed by atoms with van der Waals surface area (Å²) >= 11 is 0. The molecule has 0 spiro atoms. The van der Waals surface area contributed by atoms with Crippen LogP contribution >= 0.6 is 0 Å². The van der Waals surface area contributed by atoms with Crippen LogP contribution in [0.5, 0.6) is 11.5 Å². The van der Waals surface area contributed by atoms with Gasteiger partial charge < -0.3 is 30.3 Å². The van der Waals surface area contributed by atoms with E-state index in [0.29, 0.717) is 65.1 Å². The maximum Gasteiger partial charge on any atom is 0.250 e. The van der Waals surface area contributed by atoms with Crippen molar-refractivity contribution in [1.82, 2.24) is 25.3 Å². The molecule has 11 nitrogen and oxygen atoms in total. The number of amides is 1. The average molecular weight is 501 g/mol. The van der Waals surface area contributed by atoms with E-state index in [1.807, 2.05) is 35.2 Å². The molecule has 2 aromatic heterocycles. The van der Waals surface area contributed by atoms with Gasteiger partial charge in [0.25, 0.3) is 5.91 Å². The van der Waals surface area contributed by atoms with E-state index >= 15 is 0 Å². The van der Waals surface area contributed by atoms with Gasteiger partial charge in [-0.05, 0) is 18.2 Å². The van der Waals surface area contributed by atoms with Gasteiger partial charge in [-0.25, -0.2) is 19.9 Å². The summed E-state index contributed by atoms with van der Waals surface area (Å²) in [4.78, 5) is 35.3. The molecular formula is C26H28N8O3. The van der Waals surface area contributed by atoms with Gasteiger partial charge in [-0.1, -0.05) is 18.2 Å². The second-order valence-electron chi connectivity index (χ2n) is 8.53. The van der Waals surface area contributed by atoms with Crippen LogP contribution in [0.2, 0.25) is 0 Å². The van der Waals surface area contributed by atoms with Gasteiger partial charge in [-0.15, -0.1) is 0 Å². The zero-order valence-corrected chi connectivity index (χ0v) is 20.9. The molecule has 1 amide bonds. The molecule has 0 radical (unpaired) electrons. The molecule has 0 aliphatic carbocycles. The smallest absolute Gasteiger partial charge is 0.250 e. The van der Waals surface area contributed by atoms with Crippen molar-refractivity contribution in [2.75, 3.05) is 56.4 Å². The number of nitrogens with two attached hydrogens (primary N) is 1. The van der Waals surface area contributed by atoms with Gasteiger partial charge in [0.2, 0.25) is 0 Å². The van der Waals surface area contributed by atoms with Crippen molar-refractivity contribution < 1.29 is 14.3 Å². The van der Waals surface area contributed by atoms with E-state index in [0.717, 1.165) is 5.69 Å². The lowest BCUT2D eigenvalue weighted by Gasteiger charge is -2.40. The minimum Gasteiger partial charge on any atom is -0.491 e. The standard InChI is InChI=1S/C26H28N8O3/c1-33(16-7-5-4-6-8-16)26(35)20-15-28-11-12-34(20)21-17(13-18(27)22(36-2)23(21)37-3)24-31-14-19-25(32-24)30-10-9-29-19/h4-10,13-14,20,28H,11-12,15,27H2,1-3H3. The topological polar surface area (TPSA) is 132 Å². The van der Waals surface area contributed by atoms with Crippen LogP contribution in [0.1, 0.15) is 0 Å². The molecule has 5 rings (SSSR count). The van der Waals surface area contributed by atoms with Crippen molar-refractivity contribution in [3.63, 3.8) is 0 Å². The SMILES string of the molecule is COc1c(N)cc(-c2ncc3nccnc3n2)c(N2CCNCC2C(=O)N(C)c2ccccc2)c1OC. The minimum absolute atomic E-state index is 0.0764. The highest BCUT2D eigenvalue weighted by molar-refractivity contribution is 6.01. The van der Waals surface area contributed by atoms with Crippen LogP contribution in [0, 0.1) is 0 Å². The van der Waals surface area contributed by atoms with Crippen LogP contribution in [0.4, 0.5) is 17.1 Å². The molecule has 37 heavy (non-hydrogen) atoms. The Morgan fingerprint density at radius 1 is 1.11 bits per heavy atom. The van der Waals surface area contributed by atoms with Crippen LogP contribution in [0.3, 0.4) is 0 Å². The second kappa shape index (κ2) is 10.2. The number of hydrogen-bond acceptors (Lipinski definition) is 10. The molecule has 11 heteroatoms. The normalized spacial score (nSPS) is 15.4.